The summed E-state index contributed by atoms with van der Waals surface area (Å²) in [6, 6.07) is 7.13. The molecule has 0 spiro atoms. The number of thiophene rings is 1. The van der Waals surface area contributed by atoms with E-state index in [1.807, 2.05) is 19.1 Å². The summed E-state index contributed by atoms with van der Waals surface area (Å²) >= 11 is 1.13. The number of nitrogen functional groups attached to an aromatic ring is 1. The standard InChI is InChI=1S/C14H11N3O3S/c1-7-4-2-3-5-9(7)17-13(18)10-8(6-21-12(10)15)11(16-17)14(19)20/h2-6H,15H2,1H3,(H,19,20). The van der Waals surface area contributed by atoms with Gasteiger partial charge in [-0.3, -0.25) is 4.79 Å². The Bertz CT molecular complexity index is 927. The molecule has 1 aromatic carbocycles. The van der Waals surface area contributed by atoms with Crippen LogP contribution in [0.15, 0.2) is 34.4 Å². The molecule has 0 bridgehead atoms. The fourth-order valence-electron chi connectivity index (χ4n) is 2.20. The molecule has 0 aliphatic carbocycles. The molecule has 21 heavy (non-hydrogen) atoms. The van der Waals surface area contributed by atoms with Crippen LogP contribution in [0.25, 0.3) is 16.5 Å². The zero-order chi connectivity index (χ0) is 15.1. The second-order valence-electron chi connectivity index (χ2n) is 4.55. The molecule has 3 aromatic rings. The van der Waals surface area contributed by atoms with Crippen LogP contribution >= 0.6 is 11.3 Å². The molecule has 0 saturated heterocycles. The summed E-state index contributed by atoms with van der Waals surface area (Å²) < 4.78 is 1.10. The SMILES string of the molecule is Cc1ccccc1-n1nc(C(=O)O)c2csc(N)c2c1=O. The maximum absolute atomic E-state index is 12.6. The first-order valence-electron chi connectivity index (χ1n) is 6.10. The lowest BCUT2D eigenvalue weighted by molar-refractivity contribution is 0.0691. The zero-order valence-corrected chi connectivity index (χ0v) is 11.8. The highest BCUT2D eigenvalue weighted by molar-refractivity contribution is 7.15. The van der Waals surface area contributed by atoms with Crippen LogP contribution in [0.4, 0.5) is 5.00 Å². The molecule has 0 fully saturated rings. The highest BCUT2D eigenvalue weighted by atomic mass is 32.1. The van der Waals surface area contributed by atoms with Crippen LogP contribution in [0.5, 0.6) is 0 Å². The van der Waals surface area contributed by atoms with Crippen molar-refractivity contribution in [2.24, 2.45) is 0 Å². The molecule has 0 aliphatic rings. The van der Waals surface area contributed by atoms with Gasteiger partial charge in [0.1, 0.15) is 0 Å². The maximum Gasteiger partial charge on any atom is 0.357 e. The number of aromatic carboxylic acids is 1. The molecule has 0 unspecified atom stereocenters. The number of aryl methyl sites for hydroxylation is 1. The third-order valence-corrected chi connectivity index (χ3v) is 4.04. The van der Waals surface area contributed by atoms with Gasteiger partial charge in [-0.15, -0.1) is 11.3 Å². The number of hydrogen-bond donors (Lipinski definition) is 2. The number of para-hydroxylation sites is 1. The third-order valence-electron chi connectivity index (χ3n) is 3.23. The number of carbonyl (C=O) groups is 1. The van der Waals surface area contributed by atoms with Crippen LogP contribution in [0, 0.1) is 6.92 Å². The minimum Gasteiger partial charge on any atom is -0.476 e. The van der Waals surface area contributed by atoms with Crippen molar-refractivity contribution < 1.29 is 9.90 Å². The predicted molar refractivity (Wildman–Crippen MR) is 81.3 cm³/mol. The summed E-state index contributed by atoms with van der Waals surface area (Å²) in [6.45, 7) is 1.82. The van der Waals surface area contributed by atoms with Gasteiger partial charge >= 0.3 is 5.97 Å². The highest BCUT2D eigenvalue weighted by Gasteiger charge is 2.20. The monoisotopic (exact) mass is 301 g/mol. The lowest BCUT2D eigenvalue weighted by atomic mass is 10.2. The summed E-state index contributed by atoms with van der Waals surface area (Å²) in [5.74, 6) is -1.19. The quantitative estimate of drug-likeness (QED) is 0.754. The smallest absolute Gasteiger partial charge is 0.357 e. The molecular weight excluding hydrogens is 290 g/mol. The summed E-state index contributed by atoms with van der Waals surface area (Å²) in [6.07, 6.45) is 0. The number of nitrogens with two attached hydrogens (primary N) is 1. The lowest BCUT2D eigenvalue weighted by Gasteiger charge is -2.09. The summed E-state index contributed by atoms with van der Waals surface area (Å²) in [5.41, 5.74) is 6.58. The maximum atomic E-state index is 12.6. The van der Waals surface area contributed by atoms with Crippen LogP contribution in [0.2, 0.25) is 0 Å². The third kappa shape index (κ3) is 1.98. The number of rotatable bonds is 2. The van der Waals surface area contributed by atoms with Crippen molar-refractivity contribution in [1.82, 2.24) is 9.78 Å². The topological polar surface area (TPSA) is 98.2 Å². The molecule has 106 valence electrons. The normalized spacial score (nSPS) is 10.9. The number of benzene rings is 1. The van der Waals surface area contributed by atoms with Crippen LogP contribution in [0.1, 0.15) is 16.1 Å². The van der Waals surface area contributed by atoms with E-state index in [2.05, 4.69) is 5.10 Å². The second kappa shape index (κ2) is 4.71. The number of carboxylic acid groups (broad SMARTS) is 1. The van der Waals surface area contributed by atoms with Gasteiger partial charge in [0, 0.05) is 10.8 Å². The lowest BCUT2D eigenvalue weighted by Crippen LogP contribution is -2.25. The van der Waals surface area contributed by atoms with Gasteiger partial charge in [-0.25, -0.2) is 4.79 Å². The van der Waals surface area contributed by atoms with E-state index in [4.69, 9.17) is 5.73 Å². The Morgan fingerprint density at radius 3 is 2.76 bits per heavy atom. The van der Waals surface area contributed by atoms with Crippen molar-refractivity contribution in [3.05, 3.63) is 51.3 Å². The summed E-state index contributed by atoms with van der Waals surface area (Å²) in [4.78, 5) is 24.0. The molecule has 0 radical (unpaired) electrons. The van der Waals surface area contributed by atoms with Crippen molar-refractivity contribution in [2.45, 2.75) is 6.92 Å². The van der Waals surface area contributed by atoms with Gasteiger partial charge < -0.3 is 10.8 Å². The second-order valence-corrected chi connectivity index (χ2v) is 5.46. The van der Waals surface area contributed by atoms with E-state index in [0.29, 0.717) is 10.7 Å². The molecule has 7 heteroatoms. The Kier molecular flexibility index (Phi) is 2.99. The minimum absolute atomic E-state index is 0.180. The van der Waals surface area contributed by atoms with E-state index in [1.165, 1.54) is 0 Å². The van der Waals surface area contributed by atoms with Gasteiger partial charge in [0.15, 0.2) is 5.69 Å². The summed E-state index contributed by atoms with van der Waals surface area (Å²) in [5, 5.41) is 15.6. The first kappa shape index (κ1) is 13.3. The molecular formula is C14H11N3O3S. The molecule has 3 rings (SSSR count). The Hall–Kier alpha value is -2.67. The van der Waals surface area contributed by atoms with Crippen LogP contribution in [-0.2, 0) is 0 Å². The molecule has 6 nitrogen and oxygen atoms in total. The largest absolute Gasteiger partial charge is 0.476 e. The first-order chi connectivity index (χ1) is 10.0. The average Bonchev–Trinajstić information content (AvgIpc) is 2.83. The number of carboxylic acids is 1. The zero-order valence-electron chi connectivity index (χ0n) is 11.0. The van der Waals surface area contributed by atoms with Gasteiger partial charge in [0.25, 0.3) is 5.56 Å². The number of fused-ring (bicyclic) bond motifs is 1. The number of hydrogen-bond acceptors (Lipinski definition) is 5. The fourth-order valence-corrected chi connectivity index (χ4v) is 2.98. The Morgan fingerprint density at radius 1 is 1.38 bits per heavy atom. The van der Waals surface area contributed by atoms with E-state index in [1.54, 1.807) is 17.5 Å². The van der Waals surface area contributed by atoms with E-state index >= 15 is 0 Å². The van der Waals surface area contributed by atoms with Gasteiger partial charge in [0.05, 0.1) is 16.1 Å². The summed E-state index contributed by atoms with van der Waals surface area (Å²) in [7, 11) is 0. The van der Waals surface area contributed by atoms with Gasteiger partial charge in [-0.05, 0) is 18.6 Å². The molecule has 3 N–H and O–H groups in total. The van der Waals surface area contributed by atoms with Crippen LogP contribution in [-0.4, -0.2) is 20.9 Å². The van der Waals surface area contributed by atoms with Gasteiger partial charge in [-0.1, -0.05) is 18.2 Å². The Labute approximate surface area is 123 Å². The fraction of sp³-hybridized carbons (Fsp3) is 0.0714. The van der Waals surface area contributed by atoms with Crippen LogP contribution in [0.3, 0.4) is 0 Å². The predicted octanol–water partition coefficient (Wildman–Crippen LogP) is 2.04. The highest BCUT2D eigenvalue weighted by Crippen LogP contribution is 2.27. The molecule has 2 heterocycles. The van der Waals surface area contributed by atoms with E-state index in [9.17, 15) is 14.7 Å². The van der Waals surface area contributed by atoms with Crippen molar-refractivity contribution in [3.8, 4) is 5.69 Å². The van der Waals surface area contributed by atoms with Crippen LogP contribution < -0.4 is 11.3 Å². The molecule has 2 aromatic heterocycles. The van der Waals surface area contributed by atoms with Crippen molar-refractivity contribution in [3.63, 3.8) is 0 Å². The molecule has 0 atom stereocenters. The number of nitrogens with zero attached hydrogens (tertiary/aromatic N) is 2. The molecule has 0 saturated carbocycles. The van der Waals surface area contributed by atoms with Gasteiger partial charge in [-0.2, -0.15) is 9.78 Å². The van der Waals surface area contributed by atoms with E-state index in [-0.39, 0.29) is 16.5 Å². The van der Waals surface area contributed by atoms with E-state index in [0.717, 1.165) is 21.6 Å². The van der Waals surface area contributed by atoms with Crippen molar-refractivity contribution >= 4 is 33.1 Å². The van der Waals surface area contributed by atoms with E-state index < -0.39 is 11.5 Å². The Morgan fingerprint density at radius 2 is 2.10 bits per heavy atom. The molecule has 0 aliphatic heterocycles. The minimum atomic E-state index is -1.19. The van der Waals surface area contributed by atoms with Gasteiger partial charge in [0.2, 0.25) is 0 Å². The average molecular weight is 301 g/mol. The van der Waals surface area contributed by atoms with Crippen molar-refractivity contribution in [1.29, 1.82) is 0 Å². The Balaban J connectivity index is 2.47. The van der Waals surface area contributed by atoms with Crippen molar-refractivity contribution in [2.75, 3.05) is 5.73 Å². The number of aromatic nitrogens is 2. The first-order valence-corrected chi connectivity index (χ1v) is 6.98. The number of anilines is 1. The molecule has 0 amide bonds.